The first kappa shape index (κ1) is 12.1. The fourth-order valence-electron chi connectivity index (χ4n) is 2.72. The standard InChI is InChI=1S/C17H15FO/c1-11-6-7-15(16(18)8-11)17(19)10-13-9-12-4-2-3-5-14(12)13/h2-8,13H,9-10H2,1H3. The molecular weight excluding hydrogens is 239 g/mol. The first-order valence-corrected chi connectivity index (χ1v) is 6.52. The third-order valence-corrected chi connectivity index (χ3v) is 3.82. The normalized spacial score (nSPS) is 16.6. The zero-order chi connectivity index (χ0) is 13.4. The lowest BCUT2D eigenvalue weighted by Gasteiger charge is -2.29. The number of benzene rings is 2. The van der Waals surface area contributed by atoms with Gasteiger partial charge in [-0.3, -0.25) is 4.79 Å². The van der Waals surface area contributed by atoms with Crippen molar-refractivity contribution in [2.24, 2.45) is 0 Å². The van der Waals surface area contributed by atoms with E-state index in [9.17, 15) is 9.18 Å². The van der Waals surface area contributed by atoms with Crippen molar-refractivity contribution >= 4 is 5.78 Å². The number of halogens is 1. The number of rotatable bonds is 3. The molecule has 2 aromatic carbocycles. The Kier molecular flexibility index (Phi) is 2.94. The SMILES string of the molecule is Cc1ccc(C(=O)CC2Cc3ccccc32)c(F)c1. The second kappa shape index (κ2) is 4.61. The van der Waals surface area contributed by atoms with E-state index in [1.807, 2.05) is 19.1 Å². The molecule has 0 amide bonds. The maximum Gasteiger partial charge on any atom is 0.166 e. The lowest BCUT2D eigenvalue weighted by atomic mass is 9.74. The topological polar surface area (TPSA) is 17.1 Å². The Morgan fingerprint density at radius 1 is 1.26 bits per heavy atom. The van der Waals surface area contributed by atoms with Crippen LogP contribution in [0.4, 0.5) is 4.39 Å². The zero-order valence-electron chi connectivity index (χ0n) is 10.8. The van der Waals surface area contributed by atoms with Crippen LogP contribution in [0, 0.1) is 12.7 Å². The minimum Gasteiger partial charge on any atom is -0.294 e. The van der Waals surface area contributed by atoms with Crippen LogP contribution in [0.3, 0.4) is 0 Å². The summed E-state index contributed by atoms with van der Waals surface area (Å²) in [7, 11) is 0. The minimum atomic E-state index is -0.405. The van der Waals surface area contributed by atoms with E-state index in [-0.39, 0.29) is 17.3 Å². The Labute approximate surface area is 112 Å². The van der Waals surface area contributed by atoms with Crippen molar-refractivity contribution in [3.8, 4) is 0 Å². The van der Waals surface area contributed by atoms with Gasteiger partial charge in [0.25, 0.3) is 0 Å². The van der Waals surface area contributed by atoms with Gasteiger partial charge in [-0.25, -0.2) is 4.39 Å². The van der Waals surface area contributed by atoms with Crippen molar-refractivity contribution in [2.45, 2.75) is 25.7 Å². The number of carbonyl (C=O) groups excluding carboxylic acids is 1. The van der Waals surface area contributed by atoms with Gasteiger partial charge in [0.2, 0.25) is 0 Å². The molecule has 2 aromatic rings. The van der Waals surface area contributed by atoms with Gasteiger partial charge >= 0.3 is 0 Å². The van der Waals surface area contributed by atoms with Crippen LogP contribution in [0.5, 0.6) is 0 Å². The number of aryl methyl sites for hydroxylation is 1. The van der Waals surface area contributed by atoms with Gasteiger partial charge in [0, 0.05) is 6.42 Å². The quantitative estimate of drug-likeness (QED) is 0.755. The minimum absolute atomic E-state index is 0.1000. The number of ketones is 1. The summed E-state index contributed by atoms with van der Waals surface area (Å²) in [5.74, 6) is -0.251. The smallest absolute Gasteiger partial charge is 0.166 e. The number of hydrogen-bond donors (Lipinski definition) is 0. The van der Waals surface area contributed by atoms with E-state index >= 15 is 0 Å². The molecule has 0 N–H and O–H groups in total. The second-order valence-electron chi connectivity index (χ2n) is 5.21. The molecule has 0 aromatic heterocycles. The van der Waals surface area contributed by atoms with E-state index in [0.717, 1.165) is 12.0 Å². The third kappa shape index (κ3) is 2.19. The highest BCUT2D eigenvalue weighted by atomic mass is 19.1. The van der Waals surface area contributed by atoms with Crippen LogP contribution in [0.25, 0.3) is 0 Å². The summed E-state index contributed by atoms with van der Waals surface area (Å²) in [4.78, 5) is 12.1. The molecule has 0 saturated heterocycles. The van der Waals surface area contributed by atoms with Crippen LogP contribution in [-0.2, 0) is 6.42 Å². The first-order chi connectivity index (χ1) is 9.15. The van der Waals surface area contributed by atoms with Crippen molar-refractivity contribution in [3.05, 3.63) is 70.5 Å². The first-order valence-electron chi connectivity index (χ1n) is 6.52. The number of fused-ring (bicyclic) bond motifs is 1. The molecule has 1 nitrogen and oxygen atoms in total. The maximum atomic E-state index is 13.7. The van der Waals surface area contributed by atoms with Crippen molar-refractivity contribution in [2.75, 3.05) is 0 Å². The van der Waals surface area contributed by atoms with E-state index in [2.05, 4.69) is 12.1 Å². The molecule has 0 saturated carbocycles. The van der Waals surface area contributed by atoms with Gasteiger partial charge in [-0.05, 0) is 48.1 Å². The van der Waals surface area contributed by atoms with Gasteiger partial charge in [-0.2, -0.15) is 0 Å². The lowest BCUT2D eigenvalue weighted by Crippen LogP contribution is -2.20. The largest absolute Gasteiger partial charge is 0.294 e. The molecule has 96 valence electrons. The number of hydrogen-bond acceptors (Lipinski definition) is 1. The van der Waals surface area contributed by atoms with Crippen LogP contribution in [0.1, 0.15) is 39.4 Å². The lowest BCUT2D eigenvalue weighted by molar-refractivity contribution is 0.0966. The summed E-state index contributed by atoms with van der Waals surface area (Å²) in [5, 5.41) is 0. The van der Waals surface area contributed by atoms with Crippen LogP contribution in [-0.4, -0.2) is 5.78 Å². The summed E-state index contributed by atoms with van der Waals surface area (Å²) >= 11 is 0. The monoisotopic (exact) mass is 254 g/mol. The van der Waals surface area contributed by atoms with Gasteiger partial charge in [0.05, 0.1) is 5.56 Å². The molecule has 2 heteroatoms. The molecule has 0 spiro atoms. The Balaban J connectivity index is 1.77. The van der Waals surface area contributed by atoms with Gasteiger partial charge in [0.1, 0.15) is 5.82 Å². The van der Waals surface area contributed by atoms with Crippen LogP contribution < -0.4 is 0 Å². The summed E-state index contributed by atoms with van der Waals surface area (Å²) < 4.78 is 13.7. The van der Waals surface area contributed by atoms with Gasteiger partial charge in [-0.15, -0.1) is 0 Å². The maximum absolute atomic E-state index is 13.7. The number of Topliss-reactive ketones (excluding diaryl/α,β-unsaturated/α-hetero) is 1. The van der Waals surface area contributed by atoms with E-state index in [1.54, 1.807) is 12.1 Å². The highest BCUT2D eigenvalue weighted by Crippen LogP contribution is 2.38. The summed E-state index contributed by atoms with van der Waals surface area (Å²) in [6, 6.07) is 12.9. The Bertz CT molecular complexity index is 645. The predicted octanol–water partition coefficient (Wildman–Crippen LogP) is 4.05. The molecule has 0 bridgehead atoms. The summed E-state index contributed by atoms with van der Waals surface area (Å²) in [5.41, 5.74) is 3.60. The van der Waals surface area contributed by atoms with Gasteiger partial charge in [0.15, 0.2) is 5.78 Å². The molecule has 0 radical (unpaired) electrons. The zero-order valence-corrected chi connectivity index (χ0v) is 10.8. The molecule has 0 fully saturated rings. The van der Waals surface area contributed by atoms with Crippen LogP contribution in [0.15, 0.2) is 42.5 Å². The van der Waals surface area contributed by atoms with E-state index in [0.29, 0.717) is 6.42 Å². The highest BCUT2D eigenvalue weighted by molar-refractivity contribution is 5.97. The van der Waals surface area contributed by atoms with E-state index < -0.39 is 5.82 Å². The average molecular weight is 254 g/mol. The second-order valence-corrected chi connectivity index (χ2v) is 5.21. The molecule has 19 heavy (non-hydrogen) atoms. The third-order valence-electron chi connectivity index (χ3n) is 3.82. The van der Waals surface area contributed by atoms with Crippen molar-refractivity contribution < 1.29 is 9.18 Å². The van der Waals surface area contributed by atoms with Crippen LogP contribution in [0.2, 0.25) is 0 Å². The van der Waals surface area contributed by atoms with E-state index in [1.165, 1.54) is 17.2 Å². The fourth-order valence-corrected chi connectivity index (χ4v) is 2.72. The van der Waals surface area contributed by atoms with E-state index in [4.69, 9.17) is 0 Å². The summed E-state index contributed by atoms with van der Waals surface area (Å²) in [6.07, 6.45) is 1.33. The van der Waals surface area contributed by atoms with Crippen molar-refractivity contribution in [1.82, 2.24) is 0 Å². The summed E-state index contributed by atoms with van der Waals surface area (Å²) in [6.45, 7) is 1.82. The van der Waals surface area contributed by atoms with Crippen molar-refractivity contribution in [1.29, 1.82) is 0 Å². The van der Waals surface area contributed by atoms with Gasteiger partial charge in [-0.1, -0.05) is 30.3 Å². The average Bonchev–Trinajstić information content (AvgIpc) is 2.35. The molecule has 1 unspecified atom stereocenters. The van der Waals surface area contributed by atoms with Gasteiger partial charge < -0.3 is 0 Å². The Hall–Kier alpha value is -1.96. The molecule has 0 aliphatic heterocycles. The Morgan fingerprint density at radius 3 is 2.79 bits per heavy atom. The van der Waals surface area contributed by atoms with Crippen LogP contribution >= 0.6 is 0 Å². The van der Waals surface area contributed by atoms with Crippen molar-refractivity contribution in [3.63, 3.8) is 0 Å². The molecule has 1 atom stereocenters. The highest BCUT2D eigenvalue weighted by Gasteiger charge is 2.28. The molecule has 0 heterocycles. The number of carbonyl (C=O) groups is 1. The molecule has 1 aliphatic rings. The fraction of sp³-hybridized carbons (Fsp3) is 0.235. The predicted molar refractivity (Wildman–Crippen MR) is 73.0 cm³/mol. The Morgan fingerprint density at radius 2 is 2.05 bits per heavy atom. The molecule has 1 aliphatic carbocycles. The molecule has 3 rings (SSSR count). The molecular formula is C17H15FO.